The van der Waals surface area contributed by atoms with Gasteiger partial charge in [0.1, 0.15) is 0 Å². The van der Waals surface area contributed by atoms with Gasteiger partial charge in [0.15, 0.2) is 5.76 Å². The highest BCUT2D eigenvalue weighted by Crippen LogP contribution is 2.27. The second kappa shape index (κ2) is 4.95. The summed E-state index contributed by atoms with van der Waals surface area (Å²) in [5, 5.41) is 0. The molecule has 88 valence electrons. The van der Waals surface area contributed by atoms with Crippen LogP contribution in [0.2, 0.25) is 0 Å². The van der Waals surface area contributed by atoms with Gasteiger partial charge in [-0.3, -0.25) is 0 Å². The maximum Gasteiger partial charge on any atom is 0.534 e. The van der Waals surface area contributed by atoms with Crippen molar-refractivity contribution < 1.29 is 25.8 Å². The van der Waals surface area contributed by atoms with Crippen LogP contribution in [0.15, 0.2) is 11.3 Å². The van der Waals surface area contributed by atoms with Crippen molar-refractivity contribution in [3.63, 3.8) is 0 Å². The quantitative estimate of drug-likeness (QED) is 0.325. The minimum atomic E-state index is -5.70. The predicted octanol–water partition coefficient (Wildman–Crippen LogP) is 1.78. The van der Waals surface area contributed by atoms with Crippen molar-refractivity contribution in [1.29, 1.82) is 0 Å². The molecule has 0 unspecified atom stereocenters. The van der Waals surface area contributed by atoms with E-state index in [0.717, 1.165) is 0 Å². The maximum absolute atomic E-state index is 12.0. The van der Waals surface area contributed by atoms with E-state index in [4.69, 9.17) is 6.42 Å². The van der Waals surface area contributed by atoms with Crippen LogP contribution in [-0.4, -0.2) is 13.9 Å². The summed E-state index contributed by atoms with van der Waals surface area (Å²) >= 11 is 0. The second-order valence-electron chi connectivity index (χ2n) is 2.71. The van der Waals surface area contributed by atoms with E-state index in [1.54, 1.807) is 0 Å². The first-order chi connectivity index (χ1) is 7.12. The monoisotopic (exact) mass is 252 g/mol. The molecule has 0 aliphatic carbocycles. The van der Waals surface area contributed by atoms with Gasteiger partial charge >= 0.3 is 15.6 Å². The van der Waals surface area contributed by atoms with Gasteiger partial charge in [-0.1, -0.05) is 0 Å². The molecule has 0 amide bonds. The average Bonchev–Trinajstić information content (AvgIpc) is 2.09. The van der Waals surface area contributed by atoms with Crippen LogP contribution in [0.25, 0.3) is 0 Å². The Labute approximate surface area is 91.4 Å². The number of terminal acetylenes is 1. The molecule has 0 spiro atoms. The predicted molar refractivity (Wildman–Crippen MR) is 51.0 cm³/mol. The fourth-order valence-electron chi connectivity index (χ4n) is 0.479. The van der Waals surface area contributed by atoms with Crippen LogP contribution < -0.4 is 0 Å². The molecule has 0 aliphatic heterocycles. The fraction of sp³-hybridized carbons (Fsp3) is 0.333. The third-order valence-corrected chi connectivity index (χ3v) is 2.13. The number of hydrogen-bond acceptors (Lipinski definition) is 3. The molecule has 0 heterocycles. The molecule has 3 nitrogen and oxygen atoms in total. The Morgan fingerprint density at radius 2 is 1.81 bits per heavy atom. The number of halogens is 3. The topological polar surface area (TPSA) is 43.4 Å². The van der Waals surface area contributed by atoms with E-state index in [9.17, 15) is 21.6 Å². The van der Waals surface area contributed by atoms with Crippen LogP contribution >= 0.6 is 0 Å². The molecule has 0 aromatic heterocycles. The van der Waals surface area contributed by atoms with Crippen molar-refractivity contribution in [2.24, 2.45) is 0 Å². The Hall–Kier alpha value is -1.60. The van der Waals surface area contributed by atoms with Crippen LogP contribution in [0.1, 0.15) is 13.8 Å². The van der Waals surface area contributed by atoms with Crippen LogP contribution in [0.5, 0.6) is 0 Å². The van der Waals surface area contributed by atoms with Gasteiger partial charge in [-0.15, -0.1) is 6.42 Å². The first kappa shape index (κ1) is 14.4. The van der Waals surface area contributed by atoms with Gasteiger partial charge in [0.05, 0.1) is 0 Å². The summed E-state index contributed by atoms with van der Waals surface area (Å²) in [6.07, 6.45) is 4.75. The van der Waals surface area contributed by atoms with E-state index >= 15 is 0 Å². The fourth-order valence-corrected chi connectivity index (χ4v) is 1.00. The number of hydrogen-bond donors (Lipinski definition) is 0. The average molecular weight is 252 g/mol. The Kier molecular flexibility index (Phi) is 4.46. The van der Waals surface area contributed by atoms with Crippen LogP contribution in [0.4, 0.5) is 13.2 Å². The summed E-state index contributed by atoms with van der Waals surface area (Å²) in [6, 6.07) is 0. The normalized spacial score (nSPS) is 10.8. The summed E-state index contributed by atoms with van der Waals surface area (Å²) in [6.45, 7) is 2.68. The number of alkyl halides is 3. The van der Waals surface area contributed by atoms with Crippen molar-refractivity contribution >= 4 is 10.1 Å². The third-order valence-electron chi connectivity index (χ3n) is 1.18. The lowest BCUT2D eigenvalue weighted by Gasteiger charge is -2.09. The Balaban J connectivity index is 5.28. The van der Waals surface area contributed by atoms with E-state index in [0.29, 0.717) is 0 Å². The van der Waals surface area contributed by atoms with E-state index in [2.05, 4.69) is 4.18 Å². The molecule has 0 bridgehead atoms. The summed E-state index contributed by atoms with van der Waals surface area (Å²) < 4.78 is 60.9. The van der Waals surface area contributed by atoms with Crippen LogP contribution in [0, 0.1) is 24.2 Å². The zero-order valence-corrected chi connectivity index (χ0v) is 9.16. The smallest absolute Gasteiger partial charge is 0.367 e. The summed E-state index contributed by atoms with van der Waals surface area (Å²) in [7, 11) is -5.70. The summed E-state index contributed by atoms with van der Waals surface area (Å²) in [4.78, 5) is 0. The molecule has 0 rings (SSSR count). The van der Waals surface area contributed by atoms with Gasteiger partial charge in [-0.25, -0.2) is 0 Å². The van der Waals surface area contributed by atoms with Crippen molar-refractivity contribution in [2.45, 2.75) is 19.4 Å². The molecule has 0 saturated heterocycles. The minimum Gasteiger partial charge on any atom is -0.367 e. The zero-order chi connectivity index (χ0) is 13.0. The van der Waals surface area contributed by atoms with Crippen molar-refractivity contribution in [1.82, 2.24) is 0 Å². The SMILES string of the molecule is C#CC#CC(OS(=O)(=O)C(F)(F)F)=C(C)C. The van der Waals surface area contributed by atoms with Gasteiger partial charge in [-0.2, -0.15) is 21.6 Å². The first-order valence-corrected chi connectivity index (χ1v) is 5.17. The maximum atomic E-state index is 12.0. The molecule has 0 aliphatic rings. The van der Waals surface area contributed by atoms with Crippen molar-refractivity contribution in [3.05, 3.63) is 11.3 Å². The Morgan fingerprint density at radius 3 is 2.12 bits per heavy atom. The van der Waals surface area contributed by atoms with Gasteiger partial charge in [0.2, 0.25) is 0 Å². The molecular weight excluding hydrogens is 245 g/mol. The lowest BCUT2D eigenvalue weighted by atomic mass is 10.3. The van der Waals surface area contributed by atoms with E-state index in [1.807, 2.05) is 17.8 Å². The van der Waals surface area contributed by atoms with Gasteiger partial charge in [0.25, 0.3) is 0 Å². The van der Waals surface area contributed by atoms with Crippen LogP contribution in [0.3, 0.4) is 0 Å². The molecule has 0 fully saturated rings. The molecular formula is C9H7F3O3S. The van der Waals surface area contributed by atoms with Crippen molar-refractivity contribution in [3.8, 4) is 24.2 Å². The second-order valence-corrected chi connectivity index (χ2v) is 4.24. The van der Waals surface area contributed by atoms with Gasteiger partial charge in [0, 0.05) is 0 Å². The van der Waals surface area contributed by atoms with Crippen LogP contribution in [-0.2, 0) is 14.3 Å². The highest BCUT2D eigenvalue weighted by Gasteiger charge is 2.48. The lowest BCUT2D eigenvalue weighted by molar-refractivity contribution is -0.0519. The molecule has 16 heavy (non-hydrogen) atoms. The van der Waals surface area contributed by atoms with E-state index in [1.165, 1.54) is 13.8 Å². The van der Waals surface area contributed by atoms with Crippen molar-refractivity contribution in [2.75, 3.05) is 0 Å². The molecule has 0 aromatic carbocycles. The van der Waals surface area contributed by atoms with E-state index in [-0.39, 0.29) is 5.57 Å². The lowest BCUT2D eigenvalue weighted by Crippen LogP contribution is -2.25. The summed E-state index contributed by atoms with van der Waals surface area (Å²) in [5.41, 5.74) is -5.33. The first-order valence-electron chi connectivity index (χ1n) is 3.76. The zero-order valence-electron chi connectivity index (χ0n) is 8.34. The summed E-state index contributed by atoms with van der Waals surface area (Å²) in [5.74, 6) is 5.15. The molecule has 0 radical (unpaired) electrons. The third kappa shape index (κ3) is 3.87. The number of allylic oxidation sites excluding steroid dienone is 2. The highest BCUT2D eigenvalue weighted by atomic mass is 32.2. The van der Waals surface area contributed by atoms with E-state index < -0.39 is 21.4 Å². The van der Waals surface area contributed by atoms with Gasteiger partial charge < -0.3 is 4.18 Å². The van der Waals surface area contributed by atoms with Gasteiger partial charge in [-0.05, 0) is 37.2 Å². The largest absolute Gasteiger partial charge is 0.534 e. The molecule has 0 aromatic rings. The number of rotatable bonds is 2. The Morgan fingerprint density at radius 1 is 1.31 bits per heavy atom. The molecule has 7 heteroatoms. The molecule has 0 N–H and O–H groups in total. The minimum absolute atomic E-state index is 0.163. The highest BCUT2D eigenvalue weighted by molar-refractivity contribution is 7.87. The Bertz CT molecular complexity index is 491. The molecule has 0 atom stereocenters. The standard InChI is InChI=1S/C9H7F3O3S/c1-4-5-6-8(7(2)3)15-16(13,14)9(10,11)12/h1H,2-3H3. The molecule has 0 saturated carbocycles.